The lowest BCUT2D eigenvalue weighted by molar-refractivity contribution is -0.134. The summed E-state index contributed by atoms with van der Waals surface area (Å²) in [4.78, 5) is 19.4. The molecule has 3 rings (SSSR count). The summed E-state index contributed by atoms with van der Waals surface area (Å²) in [7, 11) is -3.93. The van der Waals surface area contributed by atoms with Crippen LogP contribution in [0.4, 0.5) is 5.82 Å². The summed E-state index contributed by atoms with van der Waals surface area (Å²) < 4.78 is 28.5. The van der Waals surface area contributed by atoms with E-state index in [0.29, 0.717) is 17.4 Å². The van der Waals surface area contributed by atoms with Crippen molar-refractivity contribution in [3.05, 3.63) is 83.7 Å². The van der Waals surface area contributed by atoms with Gasteiger partial charge in [0.25, 0.3) is 10.0 Å². The van der Waals surface area contributed by atoms with Crippen molar-refractivity contribution in [3.8, 4) is 0 Å². The number of hydrogen-bond acceptors (Lipinski definition) is 6. The van der Waals surface area contributed by atoms with Gasteiger partial charge in [-0.3, -0.25) is 4.79 Å². The maximum atomic E-state index is 13.6. The Morgan fingerprint density at radius 1 is 1.03 bits per heavy atom. The molecule has 0 atom stereocenters. The molecule has 198 valence electrons. The van der Waals surface area contributed by atoms with E-state index in [2.05, 4.69) is 55.1 Å². The fourth-order valence-corrected chi connectivity index (χ4v) is 5.26. The van der Waals surface area contributed by atoms with E-state index in [9.17, 15) is 13.2 Å². The molecule has 0 aliphatic carbocycles. The lowest BCUT2D eigenvalue weighted by Crippen LogP contribution is -2.31. The van der Waals surface area contributed by atoms with E-state index in [-0.39, 0.29) is 30.1 Å². The highest BCUT2D eigenvalue weighted by molar-refractivity contribution is 7.89. The van der Waals surface area contributed by atoms with Crippen LogP contribution in [0.5, 0.6) is 0 Å². The molecule has 2 N–H and O–H groups in total. The van der Waals surface area contributed by atoms with Crippen LogP contribution in [0.15, 0.2) is 71.9 Å². The van der Waals surface area contributed by atoms with Gasteiger partial charge in [-0.05, 0) is 53.1 Å². The fraction of sp³-hybridized carbons (Fsp3) is 0.393. The first kappa shape index (κ1) is 28.3. The molecule has 37 heavy (non-hydrogen) atoms. The quantitative estimate of drug-likeness (QED) is 0.321. The van der Waals surface area contributed by atoms with Crippen LogP contribution in [0.3, 0.4) is 0 Å². The van der Waals surface area contributed by atoms with Gasteiger partial charge in [0, 0.05) is 12.7 Å². The number of rotatable bonds is 13. The molecular formula is C28H36N4O4S. The molecule has 0 aliphatic heterocycles. The number of sulfonamides is 1. The van der Waals surface area contributed by atoms with Crippen molar-refractivity contribution < 1.29 is 18.3 Å². The predicted molar refractivity (Wildman–Crippen MR) is 145 cm³/mol. The van der Waals surface area contributed by atoms with Gasteiger partial charge in [-0.15, -0.1) is 0 Å². The Morgan fingerprint density at radius 3 is 2.38 bits per heavy atom. The smallest absolute Gasteiger partial charge is 0.322 e. The molecule has 0 saturated heterocycles. The number of hydrogen-bond donors (Lipinski definition) is 2. The number of aromatic nitrogens is 2. The van der Waals surface area contributed by atoms with Crippen molar-refractivity contribution in [1.29, 1.82) is 0 Å². The summed E-state index contributed by atoms with van der Waals surface area (Å²) in [6.45, 7) is 8.78. The highest BCUT2D eigenvalue weighted by Gasteiger charge is 2.27. The number of carboxylic acids is 1. The van der Waals surface area contributed by atoms with Crippen LogP contribution in [-0.2, 0) is 33.3 Å². The Morgan fingerprint density at radius 2 is 1.76 bits per heavy atom. The van der Waals surface area contributed by atoms with Crippen LogP contribution in [0.1, 0.15) is 57.4 Å². The van der Waals surface area contributed by atoms with Crippen LogP contribution in [0, 0.1) is 5.92 Å². The molecule has 0 unspecified atom stereocenters. The number of carbonyl (C=O) groups is 1. The molecule has 2 aromatic heterocycles. The zero-order chi connectivity index (χ0) is 27.1. The number of nitrogens with one attached hydrogen (secondary N) is 1. The molecule has 0 aliphatic rings. The molecular weight excluding hydrogens is 488 g/mol. The van der Waals surface area contributed by atoms with Crippen molar-refractivity contribution in [2.24, 2.45) is 5.92 Å². The van der Waals surface area contributed by atoms with Crippen molar-refractivity contribution >= 4 is 21.8 Å². The Hall–Kier alpha value is -3.30. The number of nitrogens with zero attached hydrogens (tertiary/aromatic N) is 3. The first-order valence-electron chi connectivity index (χ1n) is 12.4. The maximum absolute atomic E-state index is 13.6. The first-order valence-corrected chi connectivity index (χ1v) is 13.8. The van der Waals surface area contributed by atoms with E-state index in [1.54, 1.807) is 30.3 Å². The maximum Gasteiger partial charge on any atom is 0.322 e. The molecule has 3 aromatic rings. The van der Waals surface area contributed by atoms with Crippen LogP contribution >= 0.6 is 0 Å². The van der Waals surface area contributed by atoms with Crippen molar-refractivity contribution in [1.82, 2.24) is 14.3 Å². The summed E-state index contributed by atoms with van der Waals surface area (Å²) in [5.41, 5.74) is 2.58. The SMILES string of the molecule is CC(C)CCC(C)(C)c1ccc(CN(Cc2cccc(NCC(=O)O)n2)S(=O)(=O)c2ccccn2)cc1. The van der Waals surface area contributed by atoms with E-state index in [0.717, 1.165) is 18.4 Å². The molecule has 2 heterocycles. The number of anilines is 1. The van der Waals surface area contributed by atoms with Gasteiger partial charge in [-0.1, -0.05) is 70.5 Å². The Balaban J connectivity index is 1.87. The molecule has 1 aromatic carbocycles. The largest absolute Gasteiger partial charge is 0.480 e. The first-order chi connectivity index (χ1) is 17.5. The zero-order valence-corrected chi connectivity index (χ0v) is 22.7. The van der Waals surface area contributed by atoms with Crippen LogP contribution in [-0.4, -0.2) is 40.3 Å². The second-order valence-electron chi connectivity index (χ2n) is 10.2. The van der Waals surface area contributed by atoms with E-state index < -0.39 is 16.0 Å². The molecule has 0 saturated carbocycles. The minimum Gasteiger partial charge on any atom is -0.480 e. The molecule has 0 fully saturated rings. The molecule has 0 amide bonds. The third-order valence-electron chi connectivity index (χ3n) is 6.25. The van der Waals surface area contributed by atoms with Crippen LogP contribution in [0.2, 0.25) is 0 Å². The van der Waals surface area contributed by atoms with Gasteiger partial charge in [-0.2, -0.15) is 4.31 Å². The number of benzene rings is 1. The molecule has 0 bridgehead atoms. The molecule has 0 radical (unpaired) electrons. The van der Waals surface area contributed by atoms with Crippen LogP contribution in [0.25, 0.3) is 0 Å². The van der Waals surface area contributed by atoms with Crippen molar-refractivity contribution in [3.63, 3.8) is 0 Å². The van der Waals surface area contributed by atoms with Gasteiger partial charge >= 0.3 is 5.97 Å². The lowest BCUT2D eigenvalue weighted by atomic mass is 9.79. The number of aliphatic carboxylic acids is 1. The third kappa shape index (κ3) is 8.10. The molecule has 8 nitrogen and oxygen atoms in total. The summed E-state index contributed by atoms with van der Waals surface area (Å²) in [6, 6.07) is 18.0. The summed E-state index contributed by atoms with van der Waals surface area (Å²) in [5, 5.41) is 11.6. The summed E-state index contributed by atoms with van der Waals surface area (Å²) in [5.74, 6) is -0.0131. The van der Waals surface area contributed by atoms with Crippen molar-refractivity contribution in [2.45, 2.75) is 64.1 Å². The van der Waals surface area contributed by atoms with E-state index in [1.807, 2.05) is 12.1 Å². The van der Waals surface area contributed by atoms with Gasteiger partial charge in [0.2, 0.25) is 0 Å². The zero-order valence-electron chi connectivity index (χ0n) is 21.9. The minimum atomic E-state index is -3.93. The van der Waals surface area contributed by atoms with Gasteiger partial charge in [-0.25, -0.2) is 18.4 Å². The van der Waals surface area contributed by atoms with E-state index in [4.69, 9.17) is 5.11 Å². The number of carboxylic acid groups (broad SMARTS) is 1. The fourth-order valence-electron chi connectivity index (χ4n) is 3.93. The predicted octanol–water partition coefficient (Wildman–Crippen LogP) is 5.08. The molecule has 9 heteroatoms. The second kappa shape index (κ2) is 12.3. The van der Waals surface area contributed by atoms with Crippen LogP contribution < -0.4 is 5.32 Å². The Labute approximate surface area is 219 Å². The highest BCUT2D eigenvalue weighted by atomic mass is 32.2. The van der Waals surface area contributed by atoms with Gasteiger partial charge in [0.1, 0.15) is 12.4 Å². The summed E-state index contributed by atoms with van der Waals surface area (Å²) in [6.07, 6.45) is 3.66. The van der Waals surface area contributed by atoms with Gasteiger partial charge < -0.3 is 10.4 Å². The molecule has 0 spiro atoms. The van der Waals surface area contributed by atoms with E-state index in [1.165, 1.54) is 22.1 Å². The topological polar surface area (TPSA) is 112 Å². The highest BCUT2D eigenvalue weighted by Crippen LogP contribution is 2.30. The van der Waals surface area contributed by atoms with E-state index >= 15 is 0 Å². The average molecular weight is 525 g/mol. The third-order valence-corrected chi connectivity index (χ3v) is 7.96. The Kier molecular flexibility index (Phi) is 9.39. The Bertz CT molecular complexity index is 1280. The average Bonchev–Trinajstić information content (AvgIpc) is 2.87. The standard InChI is InChI=1S/C28H36N4O4S/c1-21(2)15-16-28(3,4)23-13-11-22(12-14-23)19-32(37(35,36)26-10-5-6-17-29-26)20-24-8-7-9-25(31-24)30-18-27(33)34/h5-14,17,21H,15-16,18-20H2,1-4H3,(H,30,31)(H,33,34). The summed E-state index contributed by atoms with van der Waals surface area (Å²) >= 11 is 0. The second-order valence-corrected chi connectivity index (χ2v) is 12.1. The monoisotopic (exact) mass is 524 g/mol. The minimum absolute atomic E-state index is 0.00311. The number of pyridine rings is 2. The normalized spacial score (nSPS) is 12.2. The van der Waals surface area contributed by atoms with Crippen molar-refractivity contribution in [2.75, 3.05) is 11.9 Å². The lowest BCUT2D eigenvalue weighted by Gasteiger charge is -2.27. The van der Waals surface area contributed by atoms with Gasteiger partial charge in [0.05, 0.1) is 12.2 Å². The van der Waals surface area contributed by atoms with Gasteiger partial charge in [0.15, 0.2) is 5.03 Å².